The topological polar surface area (TPSA) is 59.6 Å². The van der Waals surface area contributed by atoms with Crippen molar-refractivity contribution in [2.45, 2.75) is 32.0 Å². The SMILES string of the molecule is I.NC(=NCC1(C2CC2)CC1)Nc1ccc(OC(F)(F)F)cc1. The summed E-state index contributed by atoms with van der Waals surface area (Å²) in [5.41, 5.74) is 6.78. The highest BCUT2D eigenvalue weighted by molar-refractivity contribution is 14.0. The first-order valence-corrected chi connectivity index (χ1v) is 7.29. The zero-order valence-electron chi connectivity index (χ0n) is 12.4. The van der Waals surface area contributed by atoms with Gasteiger partial charge in [0.1, 0.15) is 5.75 Å². The number of benzene rings is 1. The molecule has 0 radical (unpaired) electrons. The van der Waals surface area contributed by atoms with Gasteiger partial charge in [0.2, 0.25) is 0 Å². The second kappa shape index (κ2) is 6.74. The molecule has 2 aliphatic carbocycles. The fourth-order valence-electron chi connectivity index (χ4n) is 2.72. The van der Waals surface area contributed by atoms with Gasteiger partial charge in [0.05, 0.1) is 0 Å². The molecule has 23 heavy (non-hydrogen) atoms. The maximum Gasteiger partial charge on any atom is 0.573 e. The Morgan fingerprint density at radius 3 is 2.35 bits per heavy atom. The van der Waals surface area contributed by atoms with E-state index in [1.54, 1.807) is 0 Å². The summed E-state index contributed by atoms with van der Waals surface area (Å²) in [4.78, 5) is 4.37. The first kappa shape index (κ1) is 18.2. The molecule has 0 aromatic heterocycles. The van der Waals surface area contributed by atoms with Gasteiger partial charge in [0, 0.05) is 12.2 Å². The molecule has 1 aromatic carbocycles. The molecular formula is C15H19F3IN3O. The minimum Gasteiger partial charge on any atom is -0.406 e. The molecule has 0 aliphatic heterocycles. The molecule has 0 spiro atoms. The monoisotopic (exact) mass is 441 g/mol. The quantitative estimate of drug-likeness (QED) is 0.411. The van der Waals surface area contributed by atoms with Gasteiger partial charge in [-0.05, 0) is 61.3 Å². The van der Waals surface area contributed by atoms with E-state index in [1.807, 2.05) is 0 Å². The Bertz CT molecular complexity index is 566. The molecule has 0 unspecified atom stereocenters. The van der Waals surface area contributed by atoms with Crippen LogP contribution in [0.15, 0.2) is 29.3 Å². The minimum atomic E-state index is -4.68. The Balaban J connectivity index is 0.00000192. The highest BCUT2D eigenvalue weighted by Crippen LogP contribution is 2.61. The van der Waals surface area contributed by atoms with E-state index in [0.29, 0.717) is 11.1 Å². The summed E-state index contributed by atoms with van der Waals surface area (Å²) in [6.45, 7) is 0.728. The van der Waals surface area contributed by atoms with Crippen molar-refractivity contribution in [3.05, 3.63) is 24.3 Å². The number of nitrogens with zero attached hydrogens (tertiary/aromatic N) is 1. The number of guanidine groups is 1. The largest absolute Gasteiger partial charge is 0.573 e. The lowest BCUT2D eigenvalue weighted by atomic mass is 10.0. The number of halogens is 4. The van der Waals surface area contributed by atoms with Crippen LogP contribution in [-0.2, 0) is 0 Å². The first-order valence-electron chi connectivity index (χ1n) is 7.29. The Kier molecular flexibility index (Phi) is 5.32. The number of anilines is 1. The number of aliphatic imine (C=N–C) groups is 1. The summed E-state index contributed by atoms with van der Waals surface area (Å²) >= 11 is 0. The molecule has 4 nitrogen and oxygen atoms in total. The van der Waals surface area contributed by atoms with Crippen molar-refractivity contribution in [1.29, 1.82) is 0 Å². The maximum atomic E-state index is 12.1. The summed E-state index contributed by atoms with van der Waals surface area (Å²) in [7, 11) is 0. The predicted molar refractivity (Wildman–Crippen MR) is 93.0 cm³/mol. The van der Waals surface area contributed by atoms with E-state index in [2.05, 4.69) is 15.0 Å². The van der Waals surface area contributed by atoms with Gasteiger partial charge < -0.3 is 15.8 Å². The van der Waals surface area contributed by atoms with Gasteiger partial charge in [-0.1, -0.05) is 0 Å². The van der Waals surface area contributed by atoms with Crippen LogP contribution >= 0.6 is 24.0 Å². The van der Waals surface area contributed by atoms with Crippen LogP contribution in [0.4, 0.5) is 18.9 Å². The van der Waals surface area contributed by atoms with Crippen molar-refractivity contribution in [3.63, 3.8) is 0 Å². The lowest BCUT2D eigenvalue weighted by Crippen LogP contribution is -2.24. The van der Waals surface area contributed by atoms with Crippen LogP contribution in [-0.4, -0.2) is 18.9 Å². The van der Waals surface area contributed by atoms with E-state index in [-0.39, 0.29) is 35.7 Å². The van der Waals surface area contributed by atoms with Crippen molar-refractivity contribution < 1.29 is 17.9 Å². The zero-order valence-corrected chi connectivity index (χ0v) is 14.7. The van der Waals surface area contributed by atoms with Crippen molar-refractivity contribution in [2.75, 3.05) is 11.9 Å². The third-order valence-corrected chi connectivity index (χ3v) is 4.26. The van der Waals surface area contributed by atoms with Crippen LogP contribution in [0.2, 0.25) is 0 Å². The van der Waals surface area contributed by atoms with Crippen LogP contribution in [0.1, 0.15) is 25.7 Å². The third kappa shape index (κ3) is 5.15. The van der Waals surface area contributed by atoms with E-state index in [9.17, 15) is 13.2 Å². The molecule has 2 aliphatic rings. The first-order chi connectivity index (χ1) is 10.4. The van der Waals surface area contributed by atoms with E-state index in [1.165, 1.54) is 49.9 Å². The summed E-state index contributed by atoms with van der Waals surface area (Å²) in [6.07, 6.45) is 0.347. The average molecular weight is 441 g/mol. The van der Waals surface area contributed by atoms with Crippen LogP contribution in [0.5, 0.6) is 5.75 Å². The second-order valence-corrected chi connectivity index (χ2v) is 6.04. The van der Waals surface area contributed by atoms with Gasteiger partial charge in [0.15, 0.2) is 5.96 Å². The summed E-state index contributed by atoms with van der Waals surface area (Å²) in [6, 6.07) is 5.40. The number of nitrogens with two attached hydrogens (primary N) is 1. The van der Waals surface area contributed by atoms with Gasteiger partial charge in [-0.15, -0.1) is 37.1 Å². The summed E-state index contributed by atoms with van der Waals surface area (Å²) < 4.78 is 40.0. The molecule has 0 atom stereocenters. The normalized spacial score (nSPS) is 19.7. The Morgan fingerprint density at radius 1 is 1.26 bits per heavy atom. The molecule has 3 rings (SSSR count). The molecule has 0 amide bonds. The van der Waals surface area contributed by atoms with Crippen molar-refractivity contribution in [1.82, 2.24) is 0 Å². The van der Waals surface area contributed by atoms with Gasteiger partial charge >= 0.3 is 6.36 Å². The fraction of sp³-hybridized carbons (Fsp3) is 0.533. The Labute approximate surface area is 149 Å². The molecule has 1 aromatic rings. The van der Waals surface area contributed by atoms with E-state index >= 15 is 0 Å². The predicted octanol–water partition coefficient (Wildman–Crippen LogP) is 4.12. The van der Waals surface area contributed by atoms with Crippen molar-refractivity contribution >= 4 is 35.6 Å². The highest BCUT2D eigenvalue weighted by atomic mass is 127. The molecular weight excluding hydrogens is 422 g/mol. The Hall–Kier alpha value is -1.19. The van der Waals surface area contributed by atoms with E-state index in [4.69, 9.17) is 5.73 Å². The average Bonchev–Trinajstić information content (AvgIpc) is 3.30. The molecule has 0 heterocycles. The van der Waals surface area contributed by atoms with Crippen molar-refractivity contribution in [2.24, 2.45) is 22.1 Å². The van der Waals surface area contributed by atoms with Gasteiger partial charge in [-0.3, -0.25) is 4.99 Å². The van der Waals surface area contributed by atoms with Gasteiger partial charge in [-0.2, -0.15) is 0 Å². The lowest BCUT2D eigenvalue weighted by molar-refractivity contribution is -0.274. The molecule has 0 saturated heterocycles. The second-order valence-electron chi connectivity index (χ2n) is 6.04. The van der Waals surface area contributed by atoms with Crippen LogP contribution in [0, 0.1) is 11.3 Å². The highest BCUT2D eigenvalue weighted by Gasteiger charge is 2.53. The fourth-order valence-corrected chi connectivity index (χ4v) is 2.72. The van der Waals surface area contributed by atoms with Crippen molar-refractivity contribution in [3.8, 4) is 5.75 Å². The molecule has 128 valence electrons. The van der Waals surface area contributed by atoms with Gasteiger partial charge in [-0.25, -0.2) is 0 Å². The van der Waals surface area contributed by atoms with E-state index in [0.717, 1.165) is 12.5 Å². The van der Waals surface area contributed by atoms with Crippen LogP contribution in [0.25, 0.3) is 0 Å². The minimum absolute atomic E-state index is 0. The number of nitrogens with one attached hydrogen (secondary N) is 1. The summed E-state index contributed by atoms with van der Waals surface area (Å²) in [5.74, 6) is 0.832. The molecule has 3 N–H and O–H groups in total. The van der Waals surface area contributed by atoms with Crippen LogP contribution in [0.3, 0.4) is 0 Å². The lowest BCUT2D eigenvalue weighted by Gasteiger charge is -2.12. The number of alkyl halides is 3. The number of rotatable bonds is 5. The summed E-state index contributed by atoms with van der Waals surface area (Å²) in [5, 5.41) is 2.88. The van der Waals surface area contributed by atoms with Gasteiger partial charge in [0.25, 0.3) is 0 Å². The molecule has 8 heteroatoms. The van der Waals surface area contributed by atoms with Crippen LogP contribution < -0.4 is 15.8 Å². The number of hydrogen-bond acceptors (Lipinski definition) is 2. The maximum absolute atomic E-state index is 12.1. The van der Waals surface area contributed by atoms with E-state index < -0.39 is 6.36 Å². The molecule has 2 fully saturated rings. The smallest absolute Gasteiger partial charge is 0.406 e. The standard InChI is InChI=1S/C15H18F3N3O.HI/c16-15(17,18)22-12-5-3-11(4-6-12)21-13(19)20-9-14(7-8-14)10-1-2-10;/h3-6,10H,1-2,7-9H2,(H3,19,20,21);1H. The molecule has 0 bridgehead atoms. The third-order valence-electron chi connectivity index (χ3n) is 4.26. The number of hydrogen-bond donors (Lipinski definition) is 2. The molecule has 2 saturated carbocycles. The zero-order chi connectivity index (χ0) is 15.8. The number of ether oxygens (including phenoxy) is 1. The Morgan fingerprint density at radius 2 is 1.87 bits per heavy atom.